The first kappa shape index (κ1) is 15.9. The molecule has 1 N–H and O–H groups in total. The Bertz CT molecular complexity index is 838. The van der Waals surface area contributed by atoms with Crippen molar-refractivity contribution in [3.8, 4) is 0 Å². The largest absolute Gasteiger partial charge is 0.321 e. The minimum absolute atomic E-state index is 0.249. The zero-order chi connectivity index (χ0) is 16.4. The molecule has 0 aliphatic heterocycles. The highest BCUT2D eigenvalue weighted by Gasteiger charge is 2.14. The molecule has 2 heterocycles. The van der Waals surface area contributed by atoms with Gasteiger partial charge >= 0.3 is 0 Å². The van der Waals surface area contributed by atoms with E-state index >= 15 is 0 Å². The molecule has 1 aromatic carbocycles. The van der Waals surface area contributed by atoms with E-state index in [0.29, 0.717) is 16.7 Å². The van der Waals surface area contributed by atoms with Gasteiger partial charge in [0, 0.05) is 25.1 Å². The Hall–Kier alpha value is -1.93. The average Bonchev–Trinajstić information content (AvgIpc) is 3.06. The van der Waals surface area contributed by atoms with E-state index in [1.165, 1.54) is 0 Å². The molecule has 1 amide bonds. The van der Waals surface area contributed by atoms with Crippen molar-refractivity contribution in [2.45, 2.75) is 6.54 Å². The fraction of sp³-hybridized carbons (Fsp3) is 0.133. The summed E-state index contributed by atoms with van der Waals surface area (Å²) >= 11 is 6.70. The van der Waals surface area contributed by atoms with Gasteiger partial charge in [-0.15, -0.1) is 0 Å². The molecule has 118 valence electrons. The molecule has 0 unspecified atom stereocenters. The van der Waals surface area contributed by atoms with Crippen molar-refractivity contribution in [3.05, 3.63) is 63.1 Å². The number of carbonyl (C=O) groups excluding carboxylic acids is 1. The van der Waals surface area contributed by atoms with Gasteiger partial charge in [-0.3, -0.25) is 14.2 Å². The minimum atomic E-state index is -0.249. The van der Waals surface area contributed by atoms with Crippen molar-refractivity contribution >= 4 is 43.5 Å². The zero-order valence-electron chi connectivity index (χ0n) is 12.2. The van der Waals surface area contributed by atoms with E-state index in [2.05, 4.69) is 47.4 Å². The number of hydrogen-bond acceptors (Lipinski definition) is 3. The first-order valence-electron chi connectivity index (χ1n) is 6.78. The van der Waals surface area contributed by atoms with Crippen molar-refractivity contribution in [2.24, 2.45) is 7.05 Å². The highest BCUT2D eigenvalue weighted by Crippen LogP contribution is 2.17. The van der Waals surface area contributed by atoms with E-state index < -0.39 is 0 Å². The van der Waals surface area contributed by atoms with E-state index in [4.69, 9.17) is 0 Å². The van der Waals surface area contributed by atoms with Crippen LogP contribution in [0.1, 0.15) is 16.1 Å². The summed E-state index contributed by atoms with van der Waals surface area (Å²) in [6.45, 7) is 0.672. The molecule has 0 aliphatic carbocycles. The van der Waals surface area contributed by atoms with Crippen molar-refractivity contribution in [3.63, 3.8) is 0 Å². The van der Waals surface area contributed by atoms with Crippen LogP contribution < -0.4 is 5.32 Å². The normalized spacial score (nSPS) is 10.7. The Kier molecular flexibility index (Phi) is 4.63. The van der Waals surface area contributed by atoms with Crippen LogP contribution >= 0.6 is 31.9 Å². The number of hydrogen-bond donors (Lipinski definition) is 1. The molecular weight excluding hydrogens is 426 g/mol. The third-order valence-electron chi connectivity index (χ3n) is 3.16. The summed E-state index contributed by atoms with van der Waals surface area (Å²) in [6, 6.07) is 7.64. The first-order valence-corrected chi connectivity index (χ1v) is 8.37. The Labute approximate surface area is 149 Å². The summed E-state index contributed by atoms with van der Waals surface area (Å²) in [6.07, 6.45) is 5.40. The van der Waals surface area contributed by atoms with E-state index in [1.807, 2.05) is 35.1 Å². The van der Waals surface area contributed by atoms with Crippen LogP contribution in [0.4, 0.5) is 5.69 Å². The van der Waals surface area contributed by atoms with Crippen LogP contribution in [0.15, 0.2) is 51.8 Å². The second kappa shape index (κ2) is 6.67. The third kappa shape index (κ3) is 3.89. The van der Waals surface area contributed by atoms with Crippen molar-refractivity contribution in [1.29, 1.82) is 0 Å². The predicted molar refractivity (Wildman–Crippen MR) is 94.3 cm³/mol. The van der Waals surface area contributed by atoms with Crippen LogP contribution in [0.3, 0.4) is 0 Å². The van der Waals surface area contributed by atoms with Crippen LogP contribution in [0.5, 0.6) is 0 Å². The Morgan fingerprint density at radius 3 is 2.52 bits per heavy atom. The number of halogens is 2. The van der Waals surface area contributed by atoms with Gasteiger partial charge in [-0.2, -0.15) is 10.2 Å². The summed E-state index contributed by atoms with van der Waals surface area (Å²) < 4.78 is 5.04. The molecule has 0 bridgehead atoms. The number of aryl methyl sites for hydroxylation is 1. The second-order valence-electron chi connectivity index (χ2n) is 5.01. The lowest BCUT2D eigenvalue weighted by Gasteiger charge is -2.06. The lowest BCUT2D eigenvalue weighted by molar-refractivity contribution is 0.102. The molecule has 0 radical (unpaired) electrons. The van der Waals surface area contributed by atoms with Crippen molar-refractivity contribution in [2.75, 3.05) is 5.32 Å². The van der Waals surface area contributed by atoms with E-state index in [0.717, 1.165) is 15.7 Å². The lowest BCUT2D eigenvalue weighted by Crippen LogP contribution is -2.13. The number of anilines is 1. The molecule has 2 aromatic heterocycles. The highest BCUT2D eigenvalue weighted by atomic mass is 79.9. The zero-order valence-corrected chi connectivity index (χ0v) is 15.4. The fourth-order valence-electron chi connectivity index (χ4n) is 2.11. The molecule has 0 fully saturated rings. The molecule has 6 nitrogen and oxygen atoms in total. The standard InChI is InChI=1S/C15H13Br2N5O/c1-21-9-13(17)14(20-21)15(23)19-12-4-2-10(3-5-12)7-22-8-11(16)6-18-22/h2-6,8-9H,7H2,1H3,(H,19,23). The Morgan fingerprint density at radius 2 is 1.96 bits per heavy atom. The van der Waals surface area contributed by atoms with Gasteiger partial charge in [0.2, 0.25) is 0 Å². The number of nitrogens with zero attached hydrogens (tertiary/aromatic N) is 4. The van der Waals surface area contributed by atoms with Gasteiger partial charge in [0.1, 0.15) is 0 Å². The number of carbonyl (C=O) groups is 1. The fourth-order valence-corrected chi connectivity index (χ4v) is 2.99. The number of amides is 1. The van der Waals surface area contributed by atoms with Gasteiger partial charge in [-0.25, -0.2) is 0 Å². The Morgan fingerprint density at radius 1 is 1.22 bits per heavy atom. The monoisotopic (exact) mass is 437 g/mol. The molecular formula is C15H13Br2N5O. The Balaban J connectivity index is 1.67. The molecule has 0 aliphatic rings. The quantitative estimate of drug-likeness (QED) is 0.678. The van der Waals surface area contributed by atoms with Crippen LogP contribution in [0, 0.1) is 0 Å². The maximum atomic E-state index is 12.2. The molecule has 0 atom stereocenters. The number of aromatic nitrogens is 4. The third-order valence-corrected chi connectivity index (χ3v) is 4.15. The van der Waals surface area contributed by atoms with E-state index in [9.17, 15) is 4.79 Å². The average molecular weight is 439 g/mol. The van der Waals surface area contributed by atoms with Crippen LogP contribution in [0.2, 0.25) is 0 Å². The number of benzene rings is 1. The van der Waals surface area contributed by atoms with Crippen LogP contribution in [-0.2, 0) is 13.6 Å². The summed E-state index contributed by atoms with van der Waals surface area (Å²) in [5.74, 6) is -0.249. The number of rotatable bonds is 4. The highest BCUT2D eigenvalue weighted by molar-refractivity contribution is 9.10. The first-order chi connectivity index (χ1) is 11.0. The van der Waals surface area contributed by atoms with Crippen LogP contribution in [-0.4, -0.2) is 25.5 Å². The van der Waals surface area contributed by atoms with Crippen molar-refractivity contribution < 1.29 is 4.79 Å². The van der Waals surface area contributed by atoms with E-state index in [1.54, 1.807) is 24.1 Å². The lowest BCUT2D eigenvalue weighted by atomic mass is 10.2. The SMILES string of the molecule is Cn1cc(Br)c(C(=O)Nc2ccc(Cn3cc(Br)cn3)cc2)n1. The predicted octanol–water partition coefficient (Wildman–Crippen LogP) is 3.44. The van der Waals surface area contributed by atoms with Gasteiger partial charge < -0.3 is 5.32 Å². The minimum Gasteiger partial charge on any atom is -0.321 e. The summed E-state index contributed by atoms with van der Waals surface area (Å²) in [7, 11) is 1.77. The molecule has 3 aromatic rings. The van der Waals surface area contributed by atoms with E-state index in [-0.39, 0.29) is 5.91 Å². The summed E-state index contributed by atoms with van der Waals surface area (Å²) in [4.78, 5) is 12.2. The van der Waals surface area contributed by atoms with Gasteiger partial charge in [-0.1, -0.05) is 12.1 Å². The molecule has 23 heavy (non-hydrogen) atoms. The summed E-state index contributed by atoms with van der Waals surface area (Å²) in [5.41, 5.74) is 2.17. The molecule has 0 saturated carbocycles. The molecule has 3 rings (SSSR count). The van der Waals surface area contributed by atoms with Gasteiger partial charge in [-0.05, 0) is 49.6 Å². The maximum absolute atomic E-state index is 12.2. The molecule has 0 spiro atoms. The van der Waals surface area contributed by atoms with Crippen LogP contribution in [0.25, 0.3) is 0 Å². The molecule has 0 saturated heterocycles. The topological polar surface area (TPSA) is 64.7 Å². The smallest absolute Gasteiger partial charge is 0.277 e. The molecule has 8 heteroatoms. The second-order valence-corrected chi connectivity index (χ2v) is 6.78. The maximum Gasteiger partial charge on any atom is 0.277 e. The van der Waals surface area contributed by atoms with Gasteiger partial charge in [0.05, 0.1) is 21.7 Å². The van der Waals surface area contributed by atoms with Gasteiger partial charge in [0.25, 0.3) is 5.91 Å². The number of nitrogens with one attached hydrogen (secondary N) is 1. The van der Waals surface area contributed by atoms with Gasteiger partial charge in [0.15, 0.2) is 5.69 Å². The van der Waals surface area contributed by atoms with Crippen molar-refractivity contribution in [1.82, 2.24) is 19.6 Å². The summed E-state index contributed by atoms with van der Waals surface area (Å²) in [5, 5.41) is 11.2.